The van der Waals surface area contributed by atoms with E-state index in [-0.39, 0.29) is 0 Å². The monoisotopic (exact) mass is 311 g/mol. The van der Waals surface area contributed by atoms with Gasteiger partial charge in [-0.3, -0.25) is 14.6 Å². The van der Waals surface area contributed by atoms with Gasteiger partial charge in [-0.25, -0.2) is 4.90 Å². The fourth-order valence-corrected chi connectivity index (χ4v) is 1.81. The zero-order valence-corrected chi connectivity index (χ0v) is 11.8. The first-order valence-electron chi connectivity index (χ1n) is 6.22. The van der Waals surface area contributed by atoms with Crippen molar-refractivity contribution in [3.8, 4) is 0 Å². The van der Waals surface area contributed by atoms with E-state index in [0.29, 0.717) is 11.4 Å². The molecule has 1 aromatic rings. The summed E-state index contributed by atoms with van der Waals surface area (Å²) in [5.41, 5.74) is -0.249. The average molecular weight is 311 g/mol. The number of rotatable bonds is 3. The molecule has 8 heteroatoms. The summed E-state index contributed by atoms with van der Waals surface area (Å²) in [6, 6.07) is 5.88. The van der Waals surface area contributed by atoms with Gasteiger partial charge in [-0.2, -0.15) is 18.3 Å². The molecule has 0 radical (unpaired) electrons. The van der Waals surface area contributed by atoms with Crippen LogP contribution in [0.2, 0.25) is 0 Å². The highest BCUT2D eigenvalue weighted by atomic mass is 19.4. The van der Waals surface area contributed by atoms with Gasteiger partial charge in [0.2, 0.25) is 0 Å². The highest BCUT2D eigenvalue weighted by Gasteiger charge is 2.32. The van der Waals surface area contributed by atoms with Crippen LogP contribution in [0, 0.1) is 0 Å². The summed E-state index contributed by atoms with van der Waals surface area (Å²) in [6.07, 6.45) is -2.19. The van der Waals surface area contributed by atoms with Crippen molar-refractivity contribution in [2.75, 3.05) is 17.0 Å². The predicted octanol–water partition coefficient (Wildman–Crippen LogP) is 2.49. The zero-order chi connectivity index (χ0) is 16.5. The van der Waals surface area contributed by atoms with Gasteiger partial charge in [0.25, 0.3) is 11.8 Å². The van der Waals surface area contributed by atoms with Gasteiger partial charge in [-0.05, 0) is 31.2 Å². The van der Waals surface area contributed by atoms with Crippen molar-refractivity contribution in [3.63, 3.8) is 0 Å². The molecule has 0 saturated carbocycles. The van der Waals surface area contributed by atoms with Crippen LogP contribution in [0.5, 0.6) is 0 Å². The molecule has 5 nitrogen and oxygen atoms in total. The Labute approximate surface area is 124 Å². The molecular formula is C14H12F3N3O2. The second-order valence-corrected chi connectivity index (χ2v) is 4.57. The van der Waals surface area contributed by atoms with Crippen LogP contribution >= 0.6 is 0 Å². The first-order valence-corrected chi connectivity index (χ1v) is 6.22. The molecule has 0 atom stereocenters. The van der Waals surface area contributed by atoms with Crippen LogP contribution in [0.1, 0.15) is 6.92 Å². The van der Waals surface area contributed by atoms with E-state index in [1.807, 2.05) is 0 Å². The molecule has 22 heavy (non-hydrogen) atoms. The Morgan fingerprint density at radius 3 is 2.05 bits per heavy atom. The number of carbonyl (C=O) groups excluding carboxylic acids is 2. The van der Waals surface area contributed by atoms with Crippen molar-refractivity contribution >= 4 is 28.9 Å². The molecule has 0 N–H and O–H groups in total. The molecular weight excluding hydrogens is 299 g/mol. The minimum Gasteiger partial charge on any atom is -0.269 e. The van der Waals surface area contributed by atoms with Crippen LogP contribution in [-0.4, -0.2) is 30.8 Å². The van der Waals surface area contributed by atoms with Gasteiger partial charge in [-0.1, -0.05) is 0 Å². The number of carbonyl (C=O) groups is 2. The normalized spacial score (nSPS) is 15.7. The molecule has 0 bridgehead atoms. The van der Waals surface area contributed by atoms with Crippen molar-refractivity contribution in [3.05, 3.63) is 36.4 Å². The van der Waals surface area contributed by atoms with Gasteiger partial charge in [0.1, 0.15) is 5.71 Å². The largest absolute Gasteiger partial charge is 0.430 e. The van der Waals surface area contributed by atoms with Crippen LogP contribution in [-0.2, 0) is 9.59 Å². The van der Waals surface area contributed by atoms with Crippen LogP contribution < -0.4 is 9.91 Å². The van der Waals surface area contributed by atoms with Gasteiger partial charge < -0.3 is 0 Å². The summed E-state index contributed by atoms with van der Waals surface area (Å²) >= 11 is 0. The maximum atomic E-state index is 12.4. The Morgan fingerprint density at radius 1 is 1.09 bits per heavy atom. The number of benzene rings is 1. The SMILES string of the molecule is CC(=NN(C)c1ccc(N2C(=O)C=CC2=O)cc1)C(F)(F)F. The number of imide groups is 1. The summed E-state index contributed by atoms with van der Waals surface area (Å²) in [6.45, 7) is 0.873. The average Bonchev–Trinajstić information content (AvgIpc) is 2.77. The summed E-state index contributed by atoms with van der Waals surface area (Å²) in [7, 11) is 1.37. The van der Waals surface area contributed by atoms with E-state index in [4.69, 9.17) is 0 Å². The standard InChI is InChI=1S/C14H12F3N3O2/c1-9(14(15,16)17)18-19(2)10-3-5-11(6-4-10)20-12(21)7-8-13(20)22/h3-8H,1-2H3. The fourth-order valence-electron chi connectivity index (χ4n) is 1.81. The Morgan fingerprint density at radius 2 is 1.59 bits per heavy atom. The molecule has 0 spiro atoms. The molecule has 0 fully saturated rings. The maximum absolute atomic E-state index is 12.4. The van der Waals surface area contributed by atoms with E-state index in [2.05, 4.69) is 5.10 Å². The van der Waals surface area contributed by atoms with E-state index in [0.717, 1.165) is 29.0 Å². The number of amides is 2. The molecule has 1 aliphatic rings. The van der Waals surface area contributed by atoms with Gasteiger partial charge in [-0.15, -0.1) is 0 Å². The van der Waals surface area contributed by atoms with Crippen LogP contribution in [0.3, 0.4) is 0 Å². The minimum absolute atomic E-state index is 0.341. The Hall–Kier alpha value is -2.64. The number of hydrogen-bond donors (Lipinski definition) is 0. The van der Waals surface area contributed by atoms with E-state index in [1.165, 1.54) is 31.3 Å². The molecule has 1 heterocycles. The molecule has 116 valence electrons. The number of hydrazone groups is 1. The summed E-state index contributed by atoms with van der Waals surface area (Å²) in [5.74, 6) is -0.922. The molecule has 0 aromatic heterocycles. The lowest BCUT2D eigenvalue weighted by atomic mass is 10.2. The van der Waals surface area contributed by atoms with E-state index >= 15 is 0 Å². The minimum atomic E-state index is -4.49. The molecule has 0 aliphatic carbocycles. The molecule has 0 unspecified atom stereocenters. The number of hydrogen-bond acceptors (Lipinski definition) is 4. The maximum Gasteiger partial charge on any atom is 0.430 e. The molecule has 1 aromatic carbocycles. The van der Waals surface area contributed by atoms with Crippen molar-refractivity contribution in [1.82, 2.24) is 0 Å². The first kappa shape index (κ1) is 15.7. The van der Waals surface area contributed by atoms with Crippen molar-refractivity contribution in [1.29, 1.82) is 0 Å². The van der Waals surface area contributed by atoms with Crippen molar-refractivity contribution < 1.29 is 22.8 Å². The Balaban J connectivity index is 2.19. The highest BCUT2D eigenvalue weighted by Crippen LogP contribution is 2.24. The lowest BCUT2D eigenvalue weighted by molar-refractivity contribution is -0.120. The number of anilines is 2. The van der Waals surface area contributed by atoms with Crippen molar-refractivity contribution in [2.45, 2.75) is 13.1 Å². The van der Waals surface area contributed by atoms with E-state index in [9.17, 15) is 22.8 Å². The molecule has 2 amide bonds. The third-order valence-corrected chi connectivity index (χ3v) is 3.00. The van der Waals surface area contributed by atoms with Crippen LogP contribution in [0.25, 0.3) is 0 Å². The van der Waals surface area contributed by atoms with Crippen LogP contribution in [0.4, 0.5) is 24.5 Å². The highest BCUT2D eigenvalue weighted by molar-refractivity contribution is 6.28. The predicted molar refractivity (Wildman–Crippen MR) is 75.6 cm³/mol. The number of alkyl halides is 3. The topological polar surface area (TPSA) is 53.0 Å². The van der Waals surface area contributed by atoms with E-state index < -0.39 is 23.7 Å². The number of halogens is 3. The van der Waals surface area contributed by atoms with Crippen molar-refractivity contribution in [2.24, 2.45) is 5.10 Å². The Kier molecular flexibility index (Phi) is 4.03. The van der Waals surface area contributed by atoms with Gasteiger partial charge in [0.05, 0.1) is 11.4 Å². The first-order chi connectivity index (χ1) is 10.2. The van der Waals surface area contributed by atoms with Gasteiger partial charge in [0, 0.05) is 19.2 Å². The lowest BCUT2D eigenvalue weighted by Crippen LogP contribution is -2.29. The molecule has 0 saturated heterocycles. The molecule has 1 aliphatic heterocycles. The second-order valence-electron chi connectivity index (χ2n) is 4.57. The second kappa shape index (κ2) is 5.63. The van der Waals surface area contributed by atoms with Gasteiger partial charge in [0.15, 0.2) is 0 Å². The fraction of sp³-hybridized carbons (Fsp3) is 0.214. The third kappa shape index (κ3) is 3.16. The lowest BCUT2D eigenvalue weighted by Gasteiger charge is -2.18. The third-order valence-electron chi connectivity index (χ3n) is 3.00. The van der Waals surface area contributed by atoms with Crippen LogP contribution in [0.15, 0.2) is 41.5 Å². The quantitative estimate of drug-likeness (QED) is 0.489. The number of nitrogens with zero attached hydrogens (tertiary/aromatic N) is 3. The zero-order valence-electron chi connectivity index (χ0n) is 11.8. The Bertz CT molecular complexity index is 645. The van der Waals surface area contributed by atoms with E-state index in [1.54, 1.807) is 0 Å². The van der Waals surface area contributed by atoms with Gasteiger partial charge >= 0.3 is 6.18 Å². The summed E-state index contributed by atoms with van der Waals surface area (Å²) < 4.78 is 37.3. The summed E-state index contributed by atoms with van der Waals surface area (Å²) in [4.78, 5) is 24.0. The molecule has 2 rings (SSSR count). The summed E-state index contributed by atoms with van der Waals surface area (Å²) in [5, 5.41) is 4.51. The smallest absolute Gasteiger partial charge is 0.269 e.